The molecule has 4 aromatic rings. The molecule has 2 atom stereocenters. The normalized spacial score (nSPS) is 16.2. The van der Waals surface area contributed by atoms with E-state index in [4.69, 9.17) is 14.1 Å². The highest BCUT2D eigenvalue weighted by atomic mass is 16.5. The molecule has 0 saturated carbocycles. The van der Waals surface area contributed by atoms with E-state index in [9.17, 15) is 0 Å². The first kappa shape index (κ1) is 29.7. The second kappa shape index (κ2) is 13.9. The maximum atomic E-state index is 6.07. The lowest BCUT2D eigenvalue weighted by atomic mass is 9.96. The Kier molecular flexibility index (Phi) is 9.85. The van der Waals surface area contributed by atoms with E-state index in [2.05, 4.69) is 85.7 Å². The molecule has 0 radical (unpaired) electrons. The minimum atomic E-state index is 0.262. The maximum absolute atomic E-state index is 6.07. The third-order valence-corrected chi connectivity index (χ3v) is 8.39. The zero-order chi connectivity index (χ0) is 29.5. The molecular weight excluding hydrogens is 520 g/mol. The summed E-state index contributed by atoms with van der Waals surface area (Å²) in [5, 5.41) is 12.1. The van der Waals surface area contributed by atoms with Gasteiger partial charge in [0.25, 0.3) is 0 Å². The number of nitrogens with zero attached hydrogens (tertiary/aromatic N) is 3. The van der Waals surface area contributed by atoms with Crippen LogP contribution in [0.3, 0.4) is 0 Å². The summed E-state index contributed by atoms with van der Waals surface area (Å²) in [5.74, 6) is 2.79. The average Bonchev–Trinajstić information content (AvgIpc) is 3.51. The lowest BCUT2D eigenvalue weighted by molar-refractivity contribution is 0.380. The molecule has 2 unspecified atom stereocenters. The molecule has 1 aromatic heterocycles. The molecule has 1 fully saturated rings. The number of rotatable bonds is 11. The summed E-state index contributed by atoms with van der Waals surface area (Å²) < 4.78 is 11.9. The predicted octanol–water partition coefficient (Wildman–Crippen LogP) is 7.76. The molecule has 1 aliphatic heterocycles. The van der Waals surface area contributed by atoms with Crippen molar-refractivity contribution in [3.8, 4) is 17.2 Å². The maximum Gasteiger partial charge on any atom is 0.247 e. The number of aromatic nitrogens is 2. The minimum absolute atomic E-state index is 0.262. The second-order valence-electron chi connectivity index (χ2n) is 11.7. The molecule has 5 rings (SSSR count). The van der Waals surface area contributed by atoms with Crippen molar-refractivity contribution in [3.63, 3.8) is 0 Å². The molecule has 0 spiro atoms. The van der Waals surface area contributed by atoms with E-state index in [1.54, 1.807) is 7.11 Å². The summed E-state index contributed by atoms with van der Waals surface area (Å²) in [6.45, 7) is 10.7. The van der Waals surface area contributed by atoms with Crippen LogP contribution in [-0.2, 0) is 25.7 Å². The van der Waals surface area contributed by atoms with Crippen LogP contribution in [0.25, 0.3) is 11.5 Å². The molecule has 220 valence electrons. The van der Waals surface area contributed by atoms with Crippen LogP contribution in [0, 0.1) is 19.8 Å². The van der Waals surface area contributed by atoms with Crippen molar-refractivity contribution < 1.29 is 9.15 Å². The van der Waals surface area contributed by atoms with E-state index >= 15 is 0 Å². The third kappa shape index (κ3) is 7.35. The first-order valence-electron chi connectivity index (χ1n) is 15.4. The van der Waals surface area contributed by atoms with Gasteiger partial charge in [0.15, 0.2) is 0 Å². The smallest absolute Gasteiger partial charge is 0.247 e. The fraction of sp³-hybridized carbons (Fsp3) is 0.417. The van der Waals surface area contributed by atoms with Crippen LogP contribution in [0.5, 0.6) is 5.75 Å². The van der Waals surface area contributed by atoms with Crippen molar-refractivity contribution >= 4 is 11.9 Å². The molecule has 0 amide bonds. The van der Waals surface area contributed by atoms with Crippen molar-refractivity contribution in [3.05, 3.63) is 93.9 Å². The van der Waals surface area contributed by atoms with Gasteiger partial charge in [0.1, 0.15) is 5.75 Å². The Bertz CT molecular complexity index is 1520. The molecule has 1 saturated heterocycles. The first-order valence-corrected chi connectivity index (χ1v) is 15.4. The Labute approximate surface area is 250 Å². The fourth-order valence-electron chi connectivity index (χ4n) is 5.80. The van der Waals surface area contributed by atoms with Crippen LogP contribution < -0.4 is 10.1 Å². The quantitative estimate of drug-likeness (QED) is 0.189. The summed E-state index contributed by atoms with van der Waals surface area (Å²) >= 11 is 0. The van der Waals surface area contributed by atoms with Crippen LogP contribution in [0.1, 0.15) is 71.9 Å². The van der Waals surface area contributed by atoms with Gasteiger partial charge in [-0.05, 0) is 116 Å². The Morgan fingerprint density at radius 3 is 2.60 bits per heavy atom. The zero-order valence-electron chi connectivity index (χ0n) is 25.7. The average molecular weight is 565 g/mol. The van der Waals surface area contributed by atoms with E-state index in [0.29, 0.717) is 11.8 Å². The van der Waals surface area contributed by atoms with E-state index < -0.39 is 0 Å². The van der Waals surface area contributed by atoms with E-state index in [1.807, 2.05) is 18.3 Å². The summed E-state index contributed by atoms with van der Waals surface area (Å²) in [7, 11) is 1.77. The molecule has 0 bridgehead atoms. The number of aryl methyl sites for hydroxylation is 5. The topological polar surface area (TPSA) is 72.5 Å². The lowest BCUT2D eigenvalue weighted by Gasteiger charge is -2.18. The molecule has 3 aromatic carbocycles. The van der Waals surface area contributed by atoms with Gasteiger partial charge in [-0.15, -0.1) is 10.2 Å². The van der Waals surface area contributed by atoms with Gasteiger partial charge in [-0.2, -0.15) is 0 Å². The predicted molar refractivity (Wildman–Crippen MR) is 171 cm³/mol. The van der Waals surface area contributed by atoms with Gasteiger partial charge >= 0.3 is 0 Å². The Hall–Kier alpha value is -3.77. The number of nitrogens with one attached hydrogen (secondary N) is 1. The number of piperidine rings is 1. The first-order chi connectivity index (χ1) is 20.4. The van der Waals surface area contributed by atoms with Gasteiger partial charge in [0.2, 0.25) is 11.8 Å². The second-order valence-corrected chi connectivity index (χ2v) is 11.7. The molecular formula is C36H44N4O2. The Balaban J connectivity index is 1.21. The summed E-state index contributed by atoms with van der Waals surface area (Å²) in [6, 6.07) is 19.6. The van der Waals surface area contributed by atoms with Crippen molar-refractivity contribution in [2.45, 2.75) is 72.1 Å². The highest BCUT2D eigenvalue weighted by Gasteiger charge is 2.21. The number of methoxy groups -OCH3 is 1. The Morgan fingerprint density at radius 1 is 1.00 bits per heavy atom. The van der Waals surface area contributed by atoms with Crippen LogP contribution in [0.2, 0.25) is 0 Å². The lowest BCUT2D eigenvalue weighted by Crippen LogP contribution is -2.28. The number of aliphatic imine (C=N–C) groups is 1. The molecule has 42 heavy (non-hydrogen) atoms. The van der Waals surface area contributed by atoms with Crippen LogP contribution in [0.15, 0.2) is 64.0 Å². The monoisotopic (exact) mass is 564 g/mol. The largest absolute Gasteiger partial charge is 0.496 e. The van der Waals surface area contributed by atoms with Gasteiger partial charge < -0.3 is 14.5 Å². The van der Waals surface area contributed by atoms with Crippen LogP contribution >= 0.6 is 0 Å². The molecule has 1 aliphatic rings. The highest BCUT2D eigenvalue weighted by molar-refractivity contribution is 5.70. The summed E-state index contributed by atoms with van der Waals surface area (Å²) in [5.41, 5.74) is 9.62. The molecule has 0 aliphatic carbocycles. The van der Waals surface area contributed by atoms with Gasteiger partial charge in [0, 0.05) is 24.2 Å². The van der Waals surface area contributed by atoms with Crippen LogP contribution in [-0.4, -0.2) is 36.6 Å². The van der Waals surface area contributed by atoms with Crippen LogP contribution in [0.4, 0.5) is 5.69 Å². The van der Waals surface area contributed by atoms with E-state index in [-0.39, 0.29) is 5.92 Å². The number of ether oxygens (including phenoxy) is 1. The van der Waals surface area contributed by atoms with Crippen molar-refractivity contribution in [1.82, 2.24) is 15.5 Å². The standard InChI is InChI=1S/C36H44N4O2/c1-6-29-14-10-27(19-26(29)4)11-15-30-16-12-28(20-34(30)41-5)18-24(2)22-38-33-21-31(13-9-25(33)3)35-39-40-36(42-35)32-8-7-17-37-23-32/h9-10,12-14,16,19-22,24,32,37H,6-8,11,15,17-18,23H2,1-5H3. The zero-order valence-corrected chi connectivity index (χ0v) is 25.7. The molecule has 6 nitrogen and oxygen atoms in total. The molecule has 2 heterocycles. The summed E-state index contributed by atoms with van der Waals surface area (Å²) in [4.78, 5) is 4.87. The third-order valence-electron chi connectivity index (χ3n) is 8.39. The van der Waals surface area contributed by atoms with Crippen molar-refractivity contribution in [1.29, 1.82) is 0 Å². The fourth-order valence-corrected chi connectivity index (χ4v) is 5.80. The number of hydrogen-bond acceptors (Lipinski definition) is 6. The highest BCUT2D eigenvalue weighted by Crippen LogP contribution is 2.30. The van der Waals surface area contributed by atoms with Gasteiger partial charge in [-0.25, -0.2) is 0 Å². The SMILES string of the molecule is CCc1ccc(CCc2ccc(CC(C)C=Nc3cc(-c4nnc(C5CCCNC5)o4)ccc3C)cc2OC)cc1C. The Morgan fingerprint density at radius 2 is 1.83 bits per heavy atom. The molecule has 6 heteroatoms. The van der Waals surface area contributed by atoms with Crippen molar-refractivity contribution in [2.75, 3.05) is 20.2 Å². The van der Waals surface area contributed by atoms with Gasteiger partial charge in [-0.1, -0.05) is 50.2 Å². The number of benzene rings is 3. The number of hydrogen-bond donors (Lipinski definition) is 1. The van der Waals surface area contributed by atoms with E-state index in [1.165, 1.54) is 27.8 Å². The minimum Gasteiger partial charge on any atom is -0.496 e. The van der Waals surface area contributed by atoms with Gasteiger partial charge in [0.05, 0.1) is 12.8 Å². The summed E-state index contributed by atoms with van der Waals surface area (Å²) in [6.07, 6.45) is 8.19. The van der Waals surface area contributed by atoms with Gasteiger partial charge in [-0.3, -0.25) is 4.99 Å². The van der Waals surface area contributed by atoms with Crippen molar-refractivity contribution in [2.24, 2.45) is 10.9 Å². The van der Waals surface area contributed by atoms with E-state index in [0.717, 1.165) is 80.1 Å². The molecule has 1 N–H and O–H groups in total.